The van der Waals surface area contributed by atoms with E-state index in [1.54, 1.807) is 36.4 Å². The number of hydrogen-bond acceptors (Lipinski definition) is 2. The first-order valence-electron chi connectivity index (χ1n) is 7.62. The number of amides is 3. The molecule has 23 heavy (non-hydrogen) atoms. The molecule has 3 amide bonds. The van der Waals surface area contributed by atoms with Crippen molar-refractivity contribution in [1.29, 1.82) is 0 Å². The van der Waals surface area contributed by atoms with Crippen molar-refractivity contribution in [2.45, 2.75) is 26.3 Å². The number of para-hydroxylation sites is 1. The first kappa shape index (κ1) is 16.5. The van der Waals surface area contributed by atoms with Gasteiger partial charge in [-0.25, -0.2) is 4.79 Å². The van der Waals surface area contributed by atoms with E-state index in [1.807, 2.05) is 32.0 Å². The van der Waals surface area contributed by atoms with Crippen LogP contribution in [0.5, 0.6) is 0 Å². The van der Waals surface area contributed by atoms with Gasteiger partial charge < -0.3 is 16.0 Å². The van der Waals surface area contributed by atoms with Crippen molar-refractivity contribution in [2.75, 3.05) is 10.6 Å². The Morgan fingerprint density at radius 3 is 2.30 bits per heavy atom. The van der Waals surface area contributed by atoms with Crippen molar-refractivity contribution in [3.63, 3.8) is 0 Å². The maximum Gasteiger partial charge on any atom is 0.323 e. The largest absolute Gasteiger partial charge is 0.350 e. The van der Waals surface area contributed by atoms with Gasteiger partial charge in [0, 0.05) is 23.0 Å². The van der Waals surface area contributed by atoms with E-state index in [2.05, 4.69) is 16.0 Å². The second-order valence-electron chi connectivity index (χ2n) is 5.31. The summed E-state index contributed by atoms with van der Waals surface area (Å²) in [6, 6.07) is 15.8. The Bertz CT molecular complexity index is 671. The fraction of sp³-hybridized carbons (Fsp3) is 0.222. The number of rotatable bonds is 5. The SMILES string of the molecule is CCC(C)NC(=O)c1cccc(NC(=O)Nc2ccccc2)c1. The van der Waals surface area contributed by atoms with E-state index in [4.69, 9.17) is 0 Å². The van der Waals surface area contributed by atoms with Gasteiger partial charge in [0.25, 0.3) is 5.91 Å². The van der Waals surface area contributed by atoms with Crippen LogP contribution in [0.15, 0.2) is 54.6 Å². The summed E-state index contributed by atoms with van der Waals surface area (Å²) in [6.45, 7) is 3.96. The zero-order valence-electron chi connectivity index (χ0n) is 13.3. The van der Waals surface area contributed by atoms with Crippen LogP contribution in [0.2, 0.25) is 0 Å². The second-order valence-corrected chi connectivity index (χ2v) is 5.31. The lowest BCUT2D eigenvalue weighted by Crippen LogP contribution is -2.32. The Hall–Kier alpha value is -2.82. The Morgan fingerprint density at radius 2 is 1.61 bits per heavy atom. The number of nitrogens with one attached hydrogen (secondary N) is 3. The van der Waals surface area contributed by atoms with Crippen LogP contribution in [0, 0.1) is 0 Å². The summed E-state index contributed by atoms with van der Waals surface area (Å²) in [4.78, 5) is 24.1. The molecule has 2 aromatic carbocycles. The number of anilines is 2. The predicted octanol–water partition coefficient (Wildman–Crippen LogP) is 3.86. The molecular weight excluding hydrogens is 290 g/mol. The Kier molecular flexibility index (Phi) is 5.74. The van der Waals surface area contributed by atoms with Crippen molar-refractivity contribution >= 4 is 23.3 Å². The smallest absolute Gasteiger partial charge is 0.323 e. The molecule has 2 aromatic rings. The van der Waals surface area contributed by atoms with Gasteiger partial charge in [0.15, 0.2) is 0 Å². The van der Waals surface area contributed by atoms with Crippen LogP contribution in [-0.4, -0.2) is 18.0 Å². The molecule has 5 nitrogen and oxygen atoms in total. The highest BCUT2D eigenvalue weighted by atomic mass is 16.2. The standard InChI is InChI=1S/C18H21N3O2/c1-3-13(2)19-17(22)14-8-7-11-16(12-14)21-18(23)20-15-9-5-4-6-10-15/h4-13H,3H2,1-2H3,(H,19,22)(H2,20,21,23). The van der Waals surface area contributed by atoms with E-state index >= 15 is 0 Å². The van der Waals surface area contributed by atoms with Crippen LogP contribution in [-0.2, 0) is 0 Å². The first-order chi connectivity index (χ1) is 11.1. The molecule has 0 fully saturated rings. The topological polar surface area (TPSA) is 70.2 Å². The molecule has 0 aromatic heterocycles. The zero-order chi connectivity index (χ0) is 16.7. The molecule has 0 aliphatic carbocycles. The number of carbonyl (C=O) groups excluding carboxylic acids is 2. The van der Waals surface area contributed by atoms with Crippen molar-refractivity contribution < 1.29 is 9.59 Å². The van der Waals surface area contributed by atoms with Gasteiger partial charge in [-0.2, -0.15) is 0 Å². The van der Waals surface area contributed by atoms with Gasteiger partial charge in [0.1, 0.15) is 0 Å². The minimum atomic E-state index is -0.351. The molecule has 0 saturated carbocycles. The Balaban J connectivity index is 1.99. The highest BCUT2D eigenvalue weighted by molar-refractivity contribution is 6.01. The van der Waals surface area contributed by atoms with Gasteiger partial charge >= 0.3 is 6.03 Å². The molecule has 5 heteroatoms. The lowest BCUT2D eigenvalue weighted by Gasteiger charge is -2.12. The van der Waals surface area contributed by atoms with Gasteiger partial charge in [0.05, 0.1) is 0 Å². The molecule has 0 heterocycles. The van der Waals surface area contributed by atoms with Crippen molar-refractivity contribution in [3.8, 4) is 0 Å². The molecule has 3 N–H and O–H groups in total. The average Bonchev–Trinajstić information content (AvgIpc) is 2.55. The van der Waals surface area contributed by atoms with Crippen LogP contribution >= 0.6 is 0 Å². The minimum Gasteiger partial charge on any atom is -0.350 e. The molecule has 1 atom stereocenters. The quantitative estimate of drug-likeness (QED) is 0.784. The summed E-state index contributed by atoms with van der Waals surface area (Å²) in [6.07, 6.45) is 0.864. The summed E-state index contributed by atoms with van der Waals surface area (Å²) >= 11 is 0. The predicted molar refractivity (Wildman–Crippen MR) is 92.7 cm³/mol. The number of carbonyl (C=O) groups is 2. The molecule has 0 radical (unpaired) electrons. The van der Waals surface area contributed by atoms with Gasteiger partial charge in [-0.1, -0.05) is 31.2 Å². The zero-order valence-corrected chi connectivity index (χ0v) is 13.3. The van der Waals surface area contributed by atoms with E-state index in [9.17, 15) is 9.59 Å². The summed E-state index contributed by atoms with van der Waals surface area (Å²) < 4.78 is 0. The molecule has 2 rings (SSSR count). The Labute approximate surface area is 136 Å². The van der Waals surface area contributed by atoms with Crippen molar-refractivity contribution in [3.05, 3.63) is 60.2 Å². The highest BCUT2D eigenvalue weighted by Gasteiger charge is 2.10. The molecule has 120 valence electrons. The van der Waals surface area contributed by atoms with Crippen LogP contribution in [0.4, 0.5) is 16.2 Å². The molecule has 0 bridgehead atoms. The van der Waals surface area contributed by atoms with E-state index < -0.39 is 0 Å². The third-order valence-electron chi connectivity index (χ3n) is 3.40. The lowest BCUT2D eigenvalue weighted by molar-refractivity contribution is 0.0939. The van der Waals surface area contributed by atoms with E-state index in [-0.39, 0.29) is 18.0 Å². The van der Waals surface area contributed by atoms with Crippen molar-refractivity contribution in [1.82, 2.24) is 5.32 Å². The number of urea groups is 1. The lowest BCUT2D eigenvalue weighted by atomic mass is 10.1. The maximum atomic E-state index is 12.1. The van der Waals surface area contributed by atoms with Crippen LogP contribution < -0.4 is 16.0 Å². The van der Waals surface area contributed by atoms with E-state index in [1.165, 1.54) is 0 Å². The number of benzene rings is 2. The van der Waals surface area contributed by atoms with Crippen LogP contribution in [0.3, 0.4) is 0 Å². The second kappa shape index (κ2) is 7.98. The molecule has 0 spiro atoms. The third-order valence-corrected chi connectivity index (χ3v) is 3.40. The molecule has 0 aliphatic rings. The monoisotopic (exact) mass is 311 g/mol. The van der Waals surface area contributed by atoms with E-state index in [0.717, 1.165) is 6.42 Å². The Morgan fingerprint density at radius 1 is 0.957 bits per heavy atom. The summed E-state index contributed by atoms with van der Waals surface area (Å²) in [5, 5.41) is 8.35. The normalized spacial score (nSPS) is 11.4. The molecule has 1 unspecified atom stereocenters. The molecule has 0 saturated heterocycles. The summed E-state index contributed by atoms with van der Waals surface area (Å²) in [5.41, 5.74) is 1.79. The van der Waals surface area contributed by atoms with Gasteiger partial charge in [-0.3, -0.25) is 4.79 Å². The fourth-order valence-corrected chi connectivity index (χ4v) is 1.96. The highest BCUT2D eigenvalue weighted by Crippen LogP contribution is 2.12. The maximum absolute atomic E-state index is 12.1. The van der Waals surface area contributed by atoms with E-state index in [0.29, 0.717) is 16.9 Å². The molecule has 0 aliphatic heterocycles. The third kappa shape index (κ3) is 5.14. The van der Waals surface area contributed by atoms with Crippen LogP contribution in [0.25, 0.3) is 0 Å². The molecular formula is C18H21N3O2. The minimum absolute atomic E-state index is 0.112. The van der Waals surface area contributed by atoms with Gasteiger partial charge in [-0.05, 0) is 43.7 Å². The summed E-state index contributed by atoms with van der Waals surface area (Å²) in [7, 11) is 0. The fourth-order valence-electron chi connectivity index (χ4n) is 1.96. The van der Waals surface area contributed by atoms with Crippen molar-refractivity contribution in [2.24, 2.45) is 0 Å². The summed E-state index contributed by atoms with van der Waals surface area (Å²) in [5.74, 6) is -0.147. The average molecular weight is 311 g/mol. The van der Waals surface area contributed by atoms with Crippen LogP contribution in [0.1, 0.15) is 30.6 Å². The van der Waals surface area contributed by atoms with Gasteiger partial charge in [0.2, 0.25) is 0 Å². The van der Waals surface area contributed by atoms with Gasteiger partial charge in [-0.15, -0.1) is 0 Å². The first-order valence-corrected chi connectivity index (χ1v) is 7.62. The number of hydrogen-bond donors (Lipinski definition) is 3.